The Kier molecular flexibility index (Phi) is 3.50. The molecule has 0 amide bonds. The Balaban J connectivity index is 3.43. The van der Waals surface area contributed by atoms with E-state index in [1.54, 1.807) is 19.1 Å². The topological polar surface area (TPSA) is 57.9 Å². The molecular formula is C9H8INO2S. The molecule has 0 heterocycles. The van der Waals surface area contributed by atoms with Crippen LogP contribution in [0, 0.1) is 14.9 Å². The van der Waals surface area contributed by atoms with Crippen LogP contribution < -0.4 is 0 Å². The Morgan fingerprint density at radius 3 is 2.64 bits per heavy atom. The molecule has 0 saturated heterocycles. The summed E-state index contributed by atoms with van der Waals surface area (Å²) in [4.78, 5) is 0.250. The van der Waals surface area contributed by atoms with Gasteiger partial charge in [-0.25, -0.2) is 8.42 Å². The van der Waals surface area contributed by atoms with Gasteiger partial charge in [0.25, 0.3) is 0 Å². The second-order valence-corrected chi connectivity index (χ2v) is 6.07. The molecule has 1 rings (SSSR count). The average Bonchev–Trinajstić information content (AvgIpc) is 2.18. The standard InChI is InChI=1S/C9H8INO2S/c1-2-14(12,13)9-5-7(6-11)3-4-8(9)10/h3-5H,2H2,1H3. The maximum atomic E-state index is 11.6. The molecule has 3 nitrogen and oxygen atoms in total. The van der Waals surface area contributed by atoms with Crippen LogP contribution in [0.4, 0.5) is 0 Å². The van der Waals surface area contributed by atoms with E-state index in [0.29, 0.717) is 9.13 Å². The van der Waals surface area contributed by atoms with Gasteiger partial charge in [-0.15, -0.1) is 0 Å². The van der Waals surface area contributed by atoms with Gasteiger partial charge in [-0.1, -0.05) is 6.92 Å². The van der Waals surface area contributed by atoms with Gasteiger partial charge in [-0.3, -0.25) is 0 Å². The van der Waals surface area contributed by atoms with E-state index in [1.165, 1.54) is 6.07 Å². The monoisotopic (exact) mass is 321 g/mol. The number of hydrogen-bond acceptors (Lipinski definition) is 3. The zero-order valence-electron chi connectivity index (χ0n) is 7.49. The second kappa shape index (κ2) is 4.28. The van der Waals surface area contributed by atoms with Crippen molar-refractivity contribution in [2.75, 3.05) is 5.75 Å². The van der Waals surface area contributed by atoms with Gasteiger partial charge in [0.2, 0.25) is 0 Å². The third-order valence-corrected chi connectivity index (χ3v) is 4.85. The highest BCUT2D eigenvalue weighted by Crippen LogP contribution is 2.20. The molecule has 0 unspecified atom stereocenters. The molecule has 0 aliphatic carbocycles. The van der Waals surface area contributed by atoms with E-state index >= 15 is 0 Å². The molecule has 0 aliphatic heterocycles. The summed E-state index contributed by atoms with van der Waals surface area (Å²) in [7, 11) is -3.22. The molecule has 0 bridgehead atoms. The van der Waals surface area contributed by atoms with Crippen LogP contribution in [0.25, 0.3) is 0 Å². The SMILES string of the molecule is CCS(=O)(=O)c1cc(C#N)ccc1I. The maximum Gasteiger partial charge on any atom is 0.179 e. The highest BCUT2D eigenvalue weighted by molar-refractivity contribution is 14.1. The smallest absolute Gasteiger partial charge is 0.179 e. The molecule has 0 spiro atoms. The summed E-state index contributed by atoms with van der Waals surface area (Å²) in [6.45, 7) is 1.59. The number of nitriles is 1. The molecule has 1 aromatic carbocycles. The first-order valence-electron chi connectivity index (χ1n) is 3.93. The van der Waals surface area contributed by atoms with Crippen molar-refractivity contribution in [1.82, 2.24) is 0 Å². The average molecular weight is 321 g/mol. The number of nitrogens with zero attached hydrogens (tertiary/aromatic N) is 1. The van der Waals surface area contributed by atoms with Crippen molar-refractivity contribution in [3.8, 4) is 6.07 Å². The first-order valence-corrected chi connectivity index (χ1v) is 6.66. The summed E-state index contributed by atoms with van der Waals surface area (Å²) in [5.74, 6) is 0.0535. The van der Waals surface area contributed by atoms with Gasteiger partial charge in [0.1, 0.15) is 0 Å². The quantitative estimate of drug-likeness (QED) is 0.783. The lowest BCUT2D eigenvalue weighted by Gasteiger charge is -2.03. The lowest BCUT2D eigenvalue weighted by atomic mass is 10.2. The number of rotatable bonds is 2. The maximum absolute atomic E-state index is 11.6. The lowest BCUT2D eigenvalue weighted by Crippen LogP contribution is -2.06. The van der Waals surface area contributed by atoms with E-state index in [9.17, 15) is 8.42 Å². The fourth-order valence-corrected chi connectivity index (χ4v) is 3.29. The van der Waals surface area contributed by atoms with Crippen molar-refractivity contribution >= 4 is 32.4 Å². The van der Waals surface area contributed by atoms with E-state index in [2.05, 4.69) is 0 Å². The fraction of sp³-hybridized carbons (Fsp3) is 0.222. The van der Waals surface area contributed by atoms with Crippen molar-refractivity contribution in [1.29, 1.82) is 5.26 Å². The predicted octanol–water partition coefficient (Wildman–Crippen LogP) is 1.96. The number of halogens is 1. The van der Waals surface area contributed by atoms with E-state index < -0.39 is 9.84 Å². The largest absolute Gasteiger partial charge is 0.224 e. The molecule has 0 N–H and O–H groups in total. The van der Waals surface area contributed by atoms with Gasteiger partial charge in [0.15, 0.2) is 9.84 Å². The van der Waals surface area contributed by atoms with Crippen LogP contribution in [0.2, 0.25) is 0 Å². The van der Waals surface area contributed by atoms with Crippen LogP contribution in [0.15, 0.2) is 23.1 Å². The Hall–Kier alpha value is -0.610. The molecule has 0 aliphatic rings. The Bertz CT molecular complexity index is 488. The minimum atomic E-state index is -3.22. The van der Waals surface area contributed by atoms with Gasteiger partial charge < -0.3 is 0 Å². The number of sulfone groups is 1. The van der Waals surface area contributed by atoms with Crippen LogP contribution in [0.3, 0.4) is 0 Å². The number of benzene rings is 1. The van der Waals surface area contributed by atoms with E-state index in [-0.39, 0.29) is 10.6 Å². The first-order chi connectivity index (χ1) is 6.51. The van der Waals surface area contributed by atoms with E-state index in [0.717, 1.165) is 0 Å². The van der Waals surface area contributed by atoms with Crippen molar-refractivity contribution in [3.05, 3.63) is 27.3 Å². The van der Waals surface area contributed by atoms with Crippen LogP contribution in [-0.2, 0) is 9.84 Å². The summed E-state index contributed by atoms with van der Waals surface area (Å²) >= 11 is 1.95. The minimum absolute atomic E-state index is 0.0535. The Labute approximate surface area is 96.8 Å². The van der Waals surface area contributed by atoms with Crippen LogP contribution in [0.5, 0.6) is 0 Å². The molecule has 0 atom stereocenters. The predicted molar refractivity (Wildman–Crippen MR) is 61.6 cm³/mol. The van der Waals surface area contributed by atoms with Crippen molar-refractivity contribution < 1.29 is 8.42 Å². The minimum Gasteiger partial charge on any atom is -0.224 e. The Morgan fingerprint density at radius 1 is 1.50 bits per heavy atom. The zero-order chi connectivity index (χ0) is 10.8. The third-order valence-electron chi connectivity index (χ3n) is 1.78. The zero-order valence-corrected chi connectivity index (χ0v) is 10.5. The normalized spacial score (nSPS) is 10.9. The van der Waals surface area contributed by atoms with Crippen LogP contribution in [0.1, 0.15) is 12.5 Å². The van der Waals surface area contributed by atoms with Gasteiger partial charge >= 0.3 is 0 Å². The third kappa shape index (κ3) is 2.25. The molecule has 0 saturated carbocycles. The van der Waals surface area contributed by atoms with Crippen molar-refractivity contribution in [2.45, 2.75) is 11.8 Å². The van der Waals surface area contributed by atoms with Gasteiger partial charge in [-0.05, 0) is 40.8 Å². The molecule has 0 radical (unpaired) electrons. The van der Waals surface area contributed by atoms with Gasteiger partial charge in [0, 0.05) is 3.57 Å². The fourth-order valence-electron chi connectivity index (χ4n) is 0.967. The molecule has 14 heavy (non-hydrogen) atoms. The molecule has 0 aromatic heterocycles. The summed E-state index contributed by atoms with van der Waals surface area (Å²) in [6.07, 6.45) is 0. The molecular weight excluding hydrogens is 313 g/mol. The van der Waals surface area contributed by atoms with E-state index in [1.807, 2.05) is 28.7 Å². The second-order valence-electron chi connectivity index (χ2n) is 2.66. The van der Waals surface area contributed by atoms with Gasteiger partial charge in [-0.2, -0.15) is 5.26 Å². The highest BCUT2D eigenvalue weighted by atomic mass is 127. The summed E-state index contributed by atoms with van der Waals surface area (Å²) in [5, 5.41) is 8.64. The van der Waals surface area contributed by atoms with Gasteiger partial charge in [0.05, 0.1) is 22.3 Å². The van der Waals surface area contributed by atoms with Crippen LogP contribution >= 0.6 is 22.6 Å². The molecule has 0 fully saturated rings. The lowest BCUT2D eigenvalue weighted by molar-refractivity contribution is 0.596. The van der Waals surface area contributed by atoms with Crippen molar-refractivity contribution in [3.63, 3.8) is 0 Å². The van der Waals surface area contributed by atoms with E-state index in [4.69, 9.17) is 5.26 Å². The summed E-state index contributed by atoms with van der Waals surface area (Å²) < 4.78 is 23.8. The van der Waals surface area contributed by atoms with Crippen molar-refractivity contribution in [2.24, 2.45) is 0 Å². The summed E-state index contributed by atoms with van der Waals surface area (Å²) in [6, 6.07) is 6.59. The molecule has 74 valence electrons. The summed E-state index contributed by atoms with van der Waals surface area (Å²) in [5.41, 5.74) is 0.373. The number of hydrogen-bond donors (Lipinski definition) is 0. The Morgan fingerprint density at radius 2 is 2.14 bits per heavy atom. The van der Waals surface area contributed by atoms with Crippen LogP contribution in [-0.4, -0.2) is 14.2 Å². The highest BCUT2D eigenvalue weighted by Gasteiger charge is 2.15. The first kappa shape index (κ1) is 11.5. The molecule has 1 aromatic rings. The molecule has 5 heteroatoms.